The number of benzene rings is 1. The minimum absolute atomic E-state index is 0.0138. The zero-order chi connectivity index (χ0) is 20.8. The zero-order valence-corrected chi connectivity index (χ0v) is 17.4. The second kappa shape index (κ2) is 7.01. The number of aromatic nitrogens is 2. The first kappa shape index (κ1) is 19.7. The van der Waals surface area contributed by atoms with E-state index in [1.807, 2.05) is 31.7 Å². The molecule has 0 bridgehead atoms. The molecule has 2 aliphatic rings. The van der Waals surface area contributed by atoms with E-state index in [1.54, 1.807) is 18.2 Å². The number of piperidine rings is 1. The van der Waals surface area contributed by atoms with E-state index in [0.29, 0.717) is 30.9 Å². The van der Waals surface area contributed by atoms with Gasteiger partial charge in [0.2, 0.25) is 5.91 Å². The number of fused-ring (bicyclic) bond motifs is 2. The predicted octanol–water partition coefficient (Wildman–Crippen LogP) is 2.82. The molecular formula is C23H29N3O3. The number of phenolic OH excluding ortho intramolecular Hbond substituents is 1. The van der Waals surface area contributed by atoms with Crippen LogP contribution in [-0.2, 0) is 28.5 Å². The molecule has 1 unspecified atom stereocenters. The van der Waals surface area contributed by atoms with Crippen LogP contribution in [0.2, 0.25) is 0 Å². The quantitative estimate of drug-likeness (QED) is 0.819. The zero-order valence-electron chi connectivity index (χ0n) is 17.4. The van der Waals surface area contributed by atoms with Gasteiger partial charge in [0, 0.05) is 35.0 Å². The number of likely N-dealkylation sites (tertiary alicyclic amines) is 1. The molecule has 1 amide bonds. The highest BCUT2D eigenvalue weighted by Gasteiger charge is 2.46. The van der Waals surface area contributed by atoms with Gasteiger partial charge < -0.3 is 15.0 Å². The van der Waals surface area contributed by atoms with E-state index in [1.165, 1.54) is 0 Å². The van der Waals surface area contributed by atoms with Crippen LogP contribution in [-0.4, -0.2) is 39.0 Å². The fourth-order valence-corrected chi connectivity index (χ4v) is 4.68. The summed E-state index contributed by atoms with van der Waals surface area (Å²) < 4.78 is 0. The maximum absolute atomic E-state index is 13.0. The minimum Gasteiger partial charge on any atom is -0.508 e. The highest BCUT2D eigenvalue weighted by atomic mass is 16.3. The van der Waals surface area contributed by atoms with Gasteiger partial charge in [-0.1, -0.05) is 39.0 Å². The van der Waals surface area contributed by atoms with Crippen LogP contribution < -0.4 is 5.56 Å². The van der Waals surface area contributed by atoms with Gasteiger partial charge in [0.25, 0.3) is 5.56 Å². The minimum atomic E-state index is -0.243. The van der Waals surface area contributed by atoms with E-state index in [-0.39, 0.29) is 34.5 Å². The molecule has 1 fully saturated rings. The third kappa shape index (κ3) is 3.56. The molecule has 1 aliphatic heterocycles. The number of H-pyrrole nitrogens is 1. The van der Waals surface area contributed by atoms with Crippen LogP contribution in [0.1, 0.15) is 62.7 Å². The van der Waals surface area contributed by atoms with E-state index in [9.17, 15) is 14.7 Å². The molecule has 0 saturated carbocycles. The molecule has 1 aromatic carbocycles. The highest BCUT2D eigenvalue weighted by molar-refractivity contribution is 5.79. The lowest BCUT2D eigenvalue weighted by Crippen LogP contribution is -2.48. The van der Waals surface area contributed by atoms with Crippen molar-refractivity contribution >= 4 is 5.91 Å². The number of aromatic amines is 1. The second-order valence-corrected chi connectivity index (χ2v) is 9.50. The van der Waals surface area contributed by atoms with Crippen LogP contribution in [0.15, 0.2) is 29.1 Å². The molecule has 1 spiro atoms. The van der Waals surface area contributed by atoms with Crippen molar-refractivity contribution in [2.45, 2.75) is 63.7 Å². The topological polar surface area (TPSA) is 86.3 Å². The molecule has 4 rings (SSSR count). The summed E-state index contributed by atoms with van der Waals surface area (Å²) in [7, 11) is 0. The van der Waals surface area contributed by atoms with Crippen LogP contribution >= 0.6 is 0 Å². The van der Waals surface area contributed by atoms with Crippen LogP contribution in [0, 0.1) is 0 Å². The molecule has 2 heterocycles. The molecule has 1 saturated heterocycles. The number of phenols is 1. The number of hydrogen-bond donors (Lipinski definition) is 2. The van der Waals surface area contributed by atoms with Gasteiger partial charge in [-0.05, 0) is 31.7 Å². The Morgan fingerprint density at radius 1 is 1.28 bits per heavy atom. The smallest absolute Gasteiger partial charge is 0.254 e. The number of nitrogens with zero attached hydrogens (tertiary/aromatic N) is 2. The molecule has 6 nitrogen and oxygen atoms in total. The molecule has 29 heavy (non-hydrogen) atoms. The summed E-state index contributed by atoms with van der Waals surface area (Å²) in [4.78, 5) is 35.5. The summed E-state index contributed by atoms with van der Waals surface area (Å²) in [6.45, 7) is 7.43. The number of carbonyl (C=O) groups is 1. The maximum Gasteiger partial charge on any atom is 0.254 e. The van der Waals surface area contributed by atoms with Gasteiger partial charge in [0.1, 0.15) is 11.6 Å². The first-order chi connectivity index (χ1) is 13.7. The van der Waals surface area contributed by atoms with Crippen molar-refractivity contribution in [1.29, 1.82) is 0 Å². The molecule has 154 valence electrons. The van der Waals surface area contributed by atoms with Gasteiger partial charge in [-0.15, -0.1) is 0 Å². The number of para-hydroxylation sites is 1. The van der Waals surface area contributed by atoms with E-state index in [2.05, 4.69) is 4.98 Å². The highest BCUT2D eigenvalue weighted by Crippen LogP contribution is 2.43. The monoisotopic (exact) mass is 395 g/mol. The summed E-state index contributed by atoms with van der Waals surface area (Å²) in [5.41, 5.74) is 1.81. The van der Waals surface area contributed by atoms with Crippen LogP contribution in [0.5, 0.6) is 5.75 Å². The third-order valence-corrected chi connectivity index (χ3v) is 6.34. The average molecular weight is 396 g/mol. The number of amides is 1. The van der Waals surface area contributed by atoms with Crippen molar-refractivity contribution < 1.29 is 9.90 Å². The summed E-state index contributed by atoms with van der Waals surface area (Å²) in [5, 5.41) is 10.0. The van der Waals surface area contributed by atoms with Gasteiger partial charge >= 0.3 is 0 Å². The van der Waals surface area contributed by atoms with Crippen molar-refractivity contribution in [1.82, 2.24) is 14.9 Å². The van der Waals surface area contributed by atoms with Gasteiger partial charge in [-0.2, -0.15) is 0 Å². The average Bonchev–Trinajstić information content (AvgIpc) is 3.01. The van der Waals surface area contributed by atoms with Gasteiger partial charge in [0.05, 0.1) is 12.1 Å². The van der Waals surface area contributed by atoms with E-state index in [4.69, 9.17) is 4.98 Å². The Bertz CT molecular complexity index is 1010. The predicted molar refractivity (Wildman–Crippen MR) is 111 cm³/mol. The van der Waals surface area contributed by atoms with Gasteiger partial charge in [-0.25, -0.2) is 4.98 Å². The number of hydrogen-bond acceptors (Lipinski definition) is 4. The van der Waals surface area contributed by atoms with E-state index >= 15 is 0 Å². The van der Waals surface area contributed by atoms with Crippen LogP contribution in [0.25, 0.3) is 0 Å². The first-order valence-electron chi connectivity index (χ1n) is 10.4. The summed E-state index contributed by atoms with van der Waals surface area (Å²) in [6.07, 6.45) is 3.59. The third-order valence-electron chi connectivity index (χ3n) is 6.34. The van der Waals surface area contributed by atoms with E-state index in [0.717, 1.165) is 30.5 Å². The van der Waals surface area contributed by atoms with E-state index < -0.39 is 0 Å². The molecule has 1 atom stereocenters. The molecular weight excluding hydrogens is 366 g/mol. The Morgan fingerprint density at radius 2 is 2.03 bits per heavy atom. The number of carbonyl (C=O) groups excluding carboxylic acids is 1. The lowest BCUT2D eigenvalue weighted by atomic mass is 9.77. The number of aromatic hydroxyl groups is 1. The molecule has 0 radical (unpaired) electrons. The largest absolute Gasteiger partial charge is 0.508 e. The Kier molecular flexibility index (Phi) is 4.75. The fourth-order valence-electron chi connectivity index (χ4n) is 4.68. The van der Waals surface area contributed by atoms with Crippen molar-refractivity contribution in [3.63, 3.8) is 0 Å². The van der Waals surface area contributed by atoms with Crippen molar-refractivity contribution in [2.24, 2.45) is 0 Å². The Labute approximate surface area is 171 Å². The standard InChI is InChI=1S/C23H29N3O3/c1-22(2,3)21-24-19-16(20(29)25-21)9-11-23(19)10-6-12-26(14-23)18(28)13-15-7-4-5-8-17(15)27/h4-5,7-8,27H,6,9-14H2,1-3H3,(H,24,25,29). The number of rotatable bonds is 2. The first-order valence-corrected chi connectivity index (χ1v) is 10.4. The second-order valence-electron chi connectivity index (χ2n) is 9.50. The maximum atomic E-state index is 13.0. The van der Waals surface area contributed by atoms with Crippen LogP contribution in [0.4, 0.5) is 0 Å². The lowest BCUT2D eigenvalue weighted by molar-refractivity contribution is -0.132. The number of nitrogens with one attached hydrogen (secondary N) is 1. The fraction of sp³-hybridized carbons (Fsp3) is 0.522. The summed E-state index contributed by atoms with van der Waals surface area (Å²) in [6, 6.07) is 6.98. The van der Waals surface area contributed by atoms with Gasteiger partial charge in [-0.3, -0.25) is 9.59 Å². The van der Waals surface area contributed by atoms with Crippen molar-refractivity contribution in [2.75, 3.05) is 13.1 Å². The molecule has 1 aliphatic carbocycles. The summed E-state index contributed by atoms with van der Waals surface area (Å²) in [5.74, 6) is 0.877. The molecule has 1 aromatic heterocycles. The lowest BCUT2D eigenvalue weighted by Gasteiger charge is -2.41. The van der Waals surface area contributed by atoms with Crippen LogP contribution in [0.3, 0.4) is 0 Å². The Balaban J connectivity index is 1.63. The Morgan fingerprint density at radius 3 is 2.76 bits per heavy atom. The van der Waals surface area contributed by atoms with Crippen molar-refractivity contribution in [3.8, 4) is 5.75 Å². The molecule has 2 aromatic rings. The normalized spacial score (nSPS) is 21.4. The van der Waals surface area contributed by atoms with Crippen molar-refractivity contribution in [3.05, 3.63) is 57.3 Å². The summed E-state index contributed by atoms with van der Waals surface area (Å²) >= 11 is 0. The SMILES string of the molecule is CC(C)(C)c1nc2c(c(=O)[nH]1)CCC21CCCN(C(=O)Cc2ccccc2O)C1. The Hall–Kier alpha value is -2.63. The molecule has 6 heteroatoms. The van der Waals surface area contributed by atoms with Gasteiger partial charge in [0.15, 0.2) is 0 Å². The molecule has 2 N–H and O–H groups in total.